The van der Waals surface area contributed by atoms with E-state index in [0.717, 1.165) is 66.8 Å². The van der Waals surface area contributed by atoms with E-state index >= 15 is 0 Å². The van der Waals surface area contributed by atoms with E-state index in [0.29, 0.717) is 33.4 Å². The lowest BCUT2D eigenvalue weighted by Crippen LogP contribution is -2.03. The summed E-state index contributed by atoms with van der Waals surface area (Å²) in [6.07, 6.45) is 0. The predicted octanol–water partition coefficient (Wildman–Crippen LogP) is 9.21. The number of phenolic OH excluding ortho intramolecular Hbond substituents is 4. The zero-order valence-electron chi connectivity index (χ0n) is 25.9. The fourth-order valence-corrected chi connectivity index (χ4v) is 6.25. The molecule has 4 heteroatoms. The summed E-state index contributed by atoms with van der Waals surface area (Å²) in [7, 11) is 0. The summed E-state index contributed by atoms with van der Waals surface area (Å²) in [5.41, 5.74) is 14.7. The second kappa shape index (κ2) is 9.92. The predicted molar refractivity (Wildman–Crippen MR) is 166 cm³/mol. The first-order chi connectivity index (χ1) is 18.5. The van der Waals surface area contributed by atoms with Crippen molar-refractivity contribution in [2.24, 2.45) is 0 Å². The van der Waals surface area contributed by atoms with Crippen LogP contribution in [0.25, 0.3) is 33.4 Å². The van der Waals surface area contributed by atoms with Crippen molar-refractivity contribution in [2.45, 2.75) is 83.1 Å². The van der Waals surface area contributed by atoms with Gasteiger partial charge in [0.1, 0.15) is 23.0 Å². The SMILES string of the molecule is Cc1cc(O)c(-c2c(C)c(C)c(C)c(-c3c(C)c(C)c(C)c(-c4c(O)cc(C)c(C)c4C)c3O)c2O)c(C)c1C. The summed E-state index contributed by atoms with van der Waals surface area (Å²) in [5, 5.41) is 46.4. The van der Waals surface area contributed by atoms with Crippen LogP contribution in [-0.4, -0.2) is 20.4 Å². The molecular weight excluding hydrogens is 496 g/mol. The van der Waals surface area contributed by atoms with Crippen molar-refractivity contribution >= 4 is 0 Å². The number of rotatable bonds is 3. The molecule has 0 amide bonds. The van der Waals surface area contributed by atoms with Gasteiger partial charge in [-0.1, -0.05) is 0 Å². The third kappa shape index (κ3) is 4.04. The molecule has 0 aromatic heterocycles. The third-order valence-corrected chi connectivity index (χ3v) is 9.72. The maximum absolute atomic E-state index is 12.1. The summed E-state index contributed by atoms with van der Waals surface area (Å²) >= 11 is 0. The average Bonchev–Trinajstić information content (AvgIpc) is 2.89. The highest BCUT2D eigenvalue weighted by atomic mass is 16.3. The molecule has 210 valence electrons. The smallest absolute Gasteiger partial charge is 0.132 e. The van der Waals surface area contributed by atoms with Gasteiger partial charge in [0.2, 0.25) is 0 Å². The van der Waals surface area contributed by atoms with Crippen molar-refractivity contribution in [1.82, 2.24) is 0 Å². The minimum absolute atomic E-state index is 0.0240. The summed E-state index contributed by atoms with van der Waals surface area (Å²) in [5.74, 6) is 0.281. The van der Waals surface area contributed by atoms with Gasteiger partial charge in [0.15, 0.2) is 0 Å². The van der Waals surface area contributed by atoms with Gasteiger partial charge in [-0.15, -0.1) is 0 Å². The van der Waals surface area contributed by atoms with E-state index < -0.39 is 0 Å². The number of hydrogen-bond acceptors (Lipinski definition) is 4. The van der Waals surface area contributed by atoms with E-state index in [2.05, 4.69) is 0 Å². The lowest BCUT2D eigenvalue weighted by Gasteiger charge is -2.26. The largest absolute Gasteiger partial charge is 0.507 e. The van der Waals surface area contributed by atoms with Gasteiger partial charge in [0, 0.05) is 33.4 Å². The third-order valence-electron chi connectivity index (χ3n) is 9.72. The monoisotopic (exact) mass is 538 g/mol. The van der Waals surface area contributed by atoms with Gasteiger partial charge in [0.05, 0.1) is 0 Å². The number of benzene rings is 4. The molecule has 0 saturated carbocycles. The highest BCUT2D eigenvalue weighted by molar-refractivity contribution is 5.97. The fraction of sp³-hybridized carbons (Fsp3) is 0.333. The molecule has 4 nitrogen and oxygen atoms in total. The zero-order valence-corrected chi connectivity index (χ0v) is 25.9. The van der Waals surface area contributed by atoms with E-state index in [9.17, 15) is 20.4 Å². The Kier molecular flexibility index (Phi) is 7.21. The van der Waals surface area contributed by atoms with Gasteiger partial charge < -0.3 is 20.4 Å². The molecule has 0 spiro atoms. The highest BCUT2D eigenvalue weighted by Crippen LogP contribution is 2.54. The van der Waals surface area contributed by atoms with Gasteiger partial charge in [-0.2, -0.15) is 0 Å². The van der Waals surface area contributed by atoms with E-state index in [4.69, 9.17) is 0 Å². The van der Waals surface area contributed by atoms with Crippen LogP contribution in [0.2, 0.25) is 0 Å². The van der Waals surface area contributed by atoms with Gasteiger partial charge in [-0.25, -0.2) is 0 Å². The van der Waals surface area contributed by atoms with Gasteiger partial charge >= 0.3 is 0 Å². The normalized spacial score (nSPS) is 11.4. The quantitative estimate of drug-likeness (QED) is 0.210. The molecule has 4 N–H and O–H groups in total. The van der Waals surface area contributed by atoms with Crippen LogP contribution in [0.4, 0.5) is 0 Å². The average molecular weight is 539 g/mol. The van der Waals surface area contributed by atoms with Crippen molar-refractivity contribution in [3.8, 4) is 56.4 Å². The van der Waals surface area contributed by atoms with Crippen molar-refractivity contribution < 1.29 is 20.4 Å². The maximum Gasteiger partial charge on any atom is 0.132 e. The van der Waals surface area contributed by atoms with E-state index in [1.165, 1.54) is 0 Å². The van der Waals surface area contributed by atoms with Crippen LogP contribution < -0.4 is 0 Å². The molecule has 0 bridgehead atoms. The van der Waals surface area contributed by atoms with Crippen LogP contribution in [0.5, 0.6) is 23.0 Å². The molecule has 4 aromatic carbocycles. The number of aromatic hydroxyl groups is 4. The van der Waals surface area contributed by atoms with Crippen LogP contribution in [0.3, 0.4) is 0 Å². The Balaban J connectivity index is 2.22. The Labute approximate surface area is 238 Å². The van der Waals surface area contributed by atoms with Crippen LogP contribution >= 0.6 is 0 Å². The minimum Gasteiger partial charge on any atom is -0.507 e. The Morgan fingerprint density at radius 3 is 0.800 bits per heavy atom. The number of aryl methyl sites for hydroxylation is 2. The first kappa shape index (κ1) is 29.1. The highest BCUT2D eigenvalue weighted by Gasteiger charge is 2.29. The van der Waals surface area contributed by atoms with E-state index in [1.54, 1.807) is 12.1 Å². The molecule has 0 fully saturated rings. The molecule has 4 aromatic rings. The summed E-state index contributed by atoms with van der Waals surface area (Å²) in [6, 6.07) is 3.49. The first-order valence-corrected chi connectivity index (χ1v) is 13.8. The van der Waals surface area contributed by atoms with Gasteiger partial charge in [-0.05, 0) is 162 Å². The van der Waals surface area contributed by atoms with Crippen LogP contribution in [0.15, 0.2) is 12.1 Å². The summed E-state index contributed by atoms with van der Waals surface area (Å²) < 4.78 is 0. The van der Waals surface area contributed by atoms with Crippen molar-refractivity contribution in [3.05, 3.63) is 78.9 Å². The maximum atomic E-state index is 12.1. The molecule has 0 atom stereocenters. The second-order valence-electron chi connectivity index (χ2n) is 11.6. The molecular formula is C36H42O4. The van der Waals surface area contributed by atoms with E-state index in [-0.39, 0.29) is 23.0 Å². The van der Waals surface area contributed by atoms with E-state index in [1.807, 2.05) is 83.1 Å². The molecule has 4 rings (SSSR count). The lowest BCUT2D eigenvalue weighted by atomic mass is 9.79. The Morgan fingerprint density at radius 1 is 0.300 bits per heavy atom. The molecule has 0 heterocycles. The molecule has 0 radical (unpaired) electrons. The molecule has 0 aliphatic heterocycles. The summed E-state index contributed by atoms with van der Waals surface area (Å²) in [6.45, 7) is 23.8. The molecule has 0 saturated heterocycles. The van der Waals surface area contributed by atoms with Crippen molar-refractivity contribution in [3.63, 3.8) is 0 Å². The summed E-state index contributed by atoms with van der Waals surface area (Å²) in [4.78, 5) is 0. The molecule has 0 aliphatic carbocycles. The van der Waals surface area contributed by atoms with Gasteiger partial charge in [0.25, 0.3) is 0 Å². The standard InChI is InChI=1S/C36H42O4/c1-15-13-27(37)29(21(7)17(15)3)31-23(9)19(5)25(11)33(35(31)39)34-26(12)20(6)24(10)32(36(34)40)30-22(8)18(4)16(2)14-28(30)38/h13-14,37-40H,1-12H3. The Bertz CT molecular complexity index is 1610. The lowest BCUT2D eigenvalue weighted by molar-refractivity contribution is 0.464. The first-order valence-electron chi connectivity index (χ1n) is 13.8. The number of hydrogen-bond donors (Lipinski definition) is 4. The van der Waals surface area contributed by atoms with Crippen LogP contribution in [0, 0.1) is 83.1 Å². The van der Waals surface area contributed by atoms with Crippen molar-refractivity contribution in [1.29, 1.82) is 0 Å². The van der Waals surface area contributed by atoms with Crippen LogP contribution in [-0.2, 0) is 0 Å². The minimum atomic E-state index is 0.0240. The topological polar surface area (TPSA) is 80.9 Å². The number of phenols is 4. The van der Waals surface area contributed by atoms with Crippen molar-refractivity contribution in [2.75, 3.05) is 0 Å². The van der Waals surface area contributed by atoms with Crippen LogP contribution in [0.1, 0.15) is 66.8 Å². The zero-order chi connectivity index (χ0) is 30.1. The molecule has 0 aliphatic rings. The Morgan fingerprint density at radius 2 is 0.525 bits per heavy atom. The Hall–Kier alpha value is -3.92. The second-order valence-corrected chi connectivity index (χ2v) is 11.6. The fourth-order valence-electron chi connectivity index (χ4n) is 6.25. The molecule has 0 unspecified atom stereocenters. The van der Waals surface area contributed by atoms with Gasteiger partial charge in [-0.3, -0.25) is 0 Å². The molecule has 40 heavy (non-hydrogen) atoms.